The molecular weight excluding hydrogens is 376 g/mol. The van der Waals surface area contributed by atoms with Gasteiger partial charge in [0.2, 0.25) is 0 Å². The number of hydrogen-bond acceptors (Lipinski definition) is 3. The number of carbonyl (C=O) groups excluding carboxylic acids is 1. The molecule has 6 nitrogen and oxygen atoms in total. The van der Waals surface area contributed by atoms with Gasteiger partial charge in [-0.3, -0.25) is 9.59 Å². The SMILES string of the molecule is Cc1ccc(C(=O)N2CCC(CCn3c(C)cnc3-c3ccccc3)CC2)c(=O)[nH]1. The number of amides is 1. The van der Waals surface area contributed by atoms with Crippen molar-refractivity contribution in [1.29, 1.82) is 0 Å². The molecule has 4 rings (SSSR count). The summed E-state index contributed by atoms with van der Waals surface area (Å²) in [7, 11) is 0. The summed E-state index contributed by atoms with van der Waals surface area (Å²) < 4.78 is 2.29. The van der Waals surface area contributed by atoms with Crippen molar-refractivity contribution in [3.63, 3.8) is 0 Å². The smallest absolute Gasteiger partial charge is 0.260 e. The number of nitrogens with one attached hydrogen (secondary N) is 1. The van der Waals surface area contributed by atoms with Gasteiger partial charge in [-0.25, -0.2) is 4.98 Å². The first-order chi connectivity index (χ1) is 14.5. The average molecular weight is 405 g/mol. The molecule has 1 amide bonds. The average Bonchev–Trinajstić information content (AvgIpc) is 3.13. The van der Waals surface area contributed by atoms with Crippen LogP contribution in [0.15, 0.2) is 53.5 Å². The summed E-state index contributed by atoms with van der Waals surface area (Å²) in [6, 6.07) is 13.7. The lowest BCUT2D eigenvalue weighted by atomic mass is 9.93. The van der Waals surface area contributed by atoms with E-state index in [2.05, 4.69) is 33.6 Å². The third-order valence-corrected chi connectivity index (χ3v) is 6.04. The van der Waals surface area contributed by atoms with Crippen LogP contribution in [0.3, 0.4) is 0 Å². The minimum atomic E-state index is -0.300. The highest BCUT2D eigenvalue weighted by Crippen LogP contribution is 2.25. The Bertz CT molecular complexity index is 1080. The lowest BCUT2D eigenvalue weighted by Crippen LogP contribution is -2.40. The van der Waals surface area contributed by atoms with E-state index in [1.54, 1.807) is 12.1 Å². The molecule has 1 aliphatic heterocycles. The Balaban J connectivity index is 1.36. The summed E-state index contributed by atoms with van der Waals surface area (Å²) in [6.07, 6.45) is 4.92. The predicted octanol–water partition coefficient (Wildman–Crippen LogP) is 3.80. The van der Waals surface area contributed by atoms with Gasteiger partial charge in [0.25, 0.3) is 11.5 Å². The Morgan fingerprint density at radius 1 is 1.10 bits per heavy atom. The quantitative estimate of drug-likeness (QED) is 0.703. The van der Waals surface area contributed by atoms with Gasteiger partial charge in [0.1, 0.15) is 11.4 Å². The van der Waals surface area contributed by atoms with Crippen LogP contribution in [0, 0.1) is 19.8 Å². The number of likely N-dealkylation sites (tertiary alicyclic amines) is 1. The summed E-state index contributed by atoms with van der Waals surface area (Å²) in [5.74, 6) is 1.42. The number of H-pyrrole nitrogens is 1. The fourth-order valence-corrected chi connectivity index (χ4v) is 4.21. The van der Waals surface area contributed by atoms with Gasteiger partial charge in [-0.15, -0.1) is 0 Å². The third kappa shape index (κ3) is 4.22. The normalized spacial score (nSPS) is 14.8. The number of aromatic amines is 1. The largest absolute Gasteiger partial charge is 0.338 e. The molecule has 1 saturated heterocycles. The van der Waals surface area contributed by atoms with Gasteiger partial charge in [-0.05, 0) is 51.2 Å². The lowest BCUT2D eigenvalue weighted by molar-refractivity contribution is 0.0683. The van der Waals surface area contributed by atoms with Crippen molar-refractivity contribution in [3.05, 3.63) is 76.0 Å². The van der Waals surface area contributed by atoms with Crippen molar-refractivity contribution >= 4 is 5.91 Å². The second kappa shape index (κ2) is 8.69. The maximum atomic E-state index is 12.7. The van der Waals surface area contributed by atoms with Gasteiger partial charge in [0.15, 0.2) is 0 Å². The standard InChI is InChI=1S/C24H28N4O2/c1-17-8-9-21(23(29)26-17)24(30)27-13-10-19(11-14-27)12-15-28-18(2)16-25-22(28)20-6-4-3-5-7-20/h3-9,16,19H,10-15H2,1-2H3,(H,26,29). The molecule has 0 aliphatic carbocycles. The summed E-state index contributed by atoms with van der Waals surface area (Å²) in [6.45, 7) is 6.23. The molecule has 2 aromatic heterocycles. The molecule has 3 heterocycles. The number of piperidine rings is 1. The van der Waals surface area contributed by atoms with Crippen molar-refractivity contribution in [2.24, 2.45) is 5.92 Å². The highest BCUT2D eigenvalue weighted by Gasteiger charge is 2.25. The number of imidazole rings is 1. The van der Waals surface area contributed by atoms with Gasteiger partial charge >= 0.3 is 0 Å². The van der Waals surface area contributed by atoms with Crippen LogP contribution in [0.4, 0.5) is 0 Å². The zero-order valence-corrected chi connectivity index (χ0v) is 17.6. The van der Waals surface area contributed by atoms with Crippen LogP contribution in [-0.2, 0) is 6.54 Å². The summed E-state index contributed by atoms with van der Waals surface area (Å²) in [5.41, 5.74) is 3.00. The second-order valence-corrected chi connectivity index (χ2v) is 8.15. The number of aryl methyl sites for hydroxylation is 2. The van der Waals surface area contributed by atoms with E-state index in [-0.39, 0.29) is 17.0 Å². The molecule has 1 aromatic carbocycles. The van der Waals surface area contributed by atoms with Gasteiger partial charge in [0.05, 0.1) is 0 Å². The van der Waals surface area contributed by atoms with Crippen molar-refractivity contribution in [2.45, 2.75) is 39.7 Å². The third-order valence-electron chi connectivity index (χ3n) is 6.04. The Morgan fingerprint density at radius 3 is 2.53 bits per heavy atom. The van der Waals surface area contributed by atoms with Crippen LogP contribution in [0.1, 0.15) is 41.0 Å². The number of rotatable bonds is 5. The van der Waals surface area contributed by atoms with Crippen LogP contribution in [0.5, 0.6) is 0 Å². The topological polar surface area (TPSA) is 71.0 Å². The molecule has 0 radical (unpaired) electrons. The predicted molar refractivity (Wildman–Crippen MR) is 117 cm³/mol. The van der Waals surface area contributed by atoms with E-state index < -0.39 is 0 Å². The number of hydrogen-bond donors (Lipinski definition) is 1. The molecule has 0 saturated carbocycles. The Labute approximate surface area is 176 Å². The minimum absolute atomic E-state index is 0.161. The Hall–Kier alpha value is -3.15. The lowest BCUT2D eigenvalue weighted by Gasteiger charge is -2.32. The van der Waals surface area contributed by atoms with E-state index in [0.29, 0.717) is 19.0 Å². The van der Waals surface area contributed by atoms with Crippen molar-refractivity contribution < 1.29 is 4.79 Å². The fourth-order valence-electron chi connectivity index (χ4n) is 4.21. The molecule has 6 heteroatoms. The number of carbonyl (C=O) groups is 1. The second-order valence-electron chi connectivity index (χ2n) is 8.15. The van der Waals surface area contributed by atoms with E-state index in [0.717, 1.165) is 42.9 Å². The first-order valence-electron chi connectivity index (χ1n) is 10.6. The molecule has 156 valence electrons. The first kappa shape index (κ1) is 20.1. The zero-order chi connectivity index (χ0) is 21.1. The fraction of sp³-hybridized carbons (Fsp3) is 0.375. The maximum absolute atomic E-state index is 12.7. The van der Waals surface area contributed by atoms with Crippen LogP contribution >= 0.6 is 0 Å². The summed E-state index contributed by atoms with van der Waals surface area (Å²) in [5, 5.41) is 0. The van der Waals surface area contributed by atoms with Crippen molar-refractivity contribution in [2.75, 3.05) is 13.1 Å². The minimum Gasteiger partial charge on any atom is -0.338 e. The molecular formula is C24H28N4O2. The van der Waals surface area contributed by atoms with Gasteiger partial charge in [-0.1, -0.05) is 30.3 Å². The van der Waals surface area contributed by atoms with E-state index in [4.69, 9.17) is 0 Å². The maximum Gasteiger partial charge on any atom is 0.260 e. The van der Waals surface area contributed by atoms with E-state index >= 15 is 0 Å². The molecule has 0 bridgehead atoms. The number of aromatic nitrogens is 3. The molecule has 0 atom stereocenters. The molecule has 0 unspecified atom stereocenters. The van der Waals surface area contributed by atoms with Crippen LogP contribution in [0.2, 0.25) is 0 Å². The Morgan fingerprint density at radius 2 is 1.83 bits per heavy atom. The molecule has 1 aliphatic rings. The summed E-state index contributed by atoms with van der Waals surface area (Å²) in [4.78, 5) is 34.0. The number of benzene rings is 1. The highest BCUT2D eigenvalue weighted by molar-refractivity contribution is 5.93. The summed E-state index contributed by atoms with van der Waals surface area (Å²) >= 11 is 0. The van der Waals surface area contributed by atoms with E-state index in [1.165, 1.54) is 5.69 Å². The van der Waals surface area contributed by atoms with Crippen LogP contribution in [-0.4, -0.2) is 38.4 Å². The van der Waals surface area contributed by atoms with Crippen LogP contribution in [0.25, 0.3) is 11.4 Å². The van der Waals surface area contributed by atoms with E-state index in [1.807, 2.05) is 36.2 Å². The van der Waals surface area contributed by atoms with Gasteiger partial charge in [0, 0.05) is 42.8 Å². The van der Waals surface area contributed by atoms with Crippen LogP contribution < -0.4 is 5.56 Å². The molecule has 0 spiro atoms. The number of nitrogens with zero attached hydrogens (tertiary/aromatic N) is 3. The monoisotopic (exact) mass is 404 g/mol. The zero-order valence-electron chi connectivity index (χ0n) is 17.6. The van der Waals surface area contributed by atoms with Gasteiger partial charge < -0.3 is 14.5 Å². The van der Waals surface area contributed by atoms with Crippen molar-refractivity contribution in [3.8, 4) is 11.4 Å². The molecule has 3 aromatic rings. The van der Waals surface area contributed by atoms with Crippen molar-refractivity contribution in [1.82, 2.24) is 19.4 Å². The first-order valence-corrected chi connectivity index (χ1v) is 10.6. The number of pyridine rings is 1. The van der Waals surface area contributed by atoms with E-state index in [9.17, 15) is 9.59 Å². The van der Waals surface area contributed by atoms with Gasteiger partial charge in [-0.2, -0.15) is 0 Å². The highest BCUT2D eigenvalue weighted by atomic mass is 16.2. The molecule has 1 N–H and O–H groups in total. The molecule has 1 fully saturated rings. The Kier molecular flexibility index (Phi) is 5.84. The molecule has 30 heavy (non-hydrogen) atoms.